The van der Waals surface area contributed by atoms with Gasteiger partial charge in [0.25, 0.3) is 5.56 Å². The highest BCUT2D eigenvalue weighted by atomic mass is 16.5. The Morgan fingerprint density at radius 1 is 1.43 bits per heavy atom. The zero-order valence-electron chi connectivity index (χ0n) is 13.2. The van der Waals surface area contributed by atoms with Crippen LogP contribution in [-0.4, -0.2) is 58.4 Å². The molecule has 2 aromatic heterocycles. The molecule has 0 aliphatic carbocycles. The lowest BCUT2D eigenvalue weighted by atomic mass is 10.0. The van der Waals surface area contributed by atoms with E-state index in [1.54, 1.807) is 23.9 Å². The second-order valence-electron chi connectivity index (χ2n) is 5.92. The second-order valence-corrected chi connectivity index (χ2v) is 5.92. The molecule has 0 radical (unpaired) electrons. The average molecular weight is 318 g/mol. The van der Waals surface area contributed by atoms with Gasteiger partial charge < -0.3 is 20.1 Å². The van der Waals surface area contributed by atoms with Gasteiger partial charge in [-0.15, -0.1) is 0 Å². The van der Waals surface area contributed by atoms with Gasteiger partial charge in [-0.25, -0.2) is 0 Å². The smallest absolute Gasteiger partial charge is 0.251 e. The van der Waals surface area contributed by atoms with Crippen LogP contribution in [0.4, 0.5) is 0 Å². The molecule has 0 bridgehead atoms. The summed E-state index contributed by atoms with van der Waals surface area (Å²) < 4.78 is 6.90. The number of aliphatic hydroxyl groups excluding tert-OH is 1. The topological polar surface area (TPSA) is 93.6 Å². The van der Waals surface area contributed by atoms with Gasteiger partial charge >= 0.3 is 0 Å². The summed E-state index contributed by atoms with van der Waals surface area (Å²) in [6.45, 7) is 2.59. The van der Waals surface area contributed by atoms with Crippen LogP contribution in [0, 0.1) is 0 Å². The number of nitrogens with zero attached hydrogens (tertiary/aromatic N) is 3. The normalized spacial score (nSPS) is 22.4. The first kappa shape index (κ1) is 15.9. The Kier molecular flexibility index (Phi) is 4.61. The summed E-state index contributed by atoms with van der Waals surface area (Å²) >= 11 is 0. The zero-order chi connectivity index (χ0) is 16.4. The van der Waals surface area contributed by atoms with Crippen LogP contribution in [0.15, 0.2) is 29.2 Å². The number of nitrogens with two attached hydrogens (primary N) is 1. The molecule has 2 atom stereocenters. The molecule has 0 aromatic carbocycles. The predicted molar refractivity (Wildman–Crippen MR) is 87.6 cm³/mol. The maximum atomic E-state index is 12.2. The van der Waals surface area contributed by atoms with Crippen molar-refractivity contribution in [1.82, 2.24) is 14.5 Å². The number of β-amino-alcohol motifs (C(OH)–C–C–N with tert-alkyl or cyclic N) is 1. The van der Waals surface area contributed by atoms with Crippen molar-refractivity contribution in [2.75, 3.05) is 26.7 Å². The molecule has 3 rings (SSSR count). The monoisotopic (exact) mass is 318 g/mol. The number of hydrogen-bond acceptors (Lipinski definition) is 6. The van der Waals surface area contributed by atoms with Gasteiger partial charge in [-0.1, -0.05) is 0 Å². The number of hydrogen-bond donors (Lipinski definition) is 2. The van der Waals surface area contributed by atoms with E-state index in [-0.39, 0.29) is 11.6 Å². The van der Waals surface area contributed by atoms with Crippen molar-refractivity contribution >= 4 is 11.0 Å². The van der Waals surface area contributed by atoms with Crippen molar-refractivity contribution < 1.29 is 9.84 Å². The van der Waals surface area contributed by atoms with Gasteiger partial charge in [-0.3, -0.25) is 14.7 Å². The Morgan fingerprint density at radius 2 is 2.26 bits per heavy atom. The number of aromatic nitrogens is 2. The summed E-state index contributed by atoms with van der Waals surface area (Å²) in [5.41, 5.74) is 7.27. The van der Waals surface area contributed by atoms with Crippen molar-refractivity contribution in [2.24, 2.45) is 5.73 Å². The van der Waals surface area contributed by atoms with Gasteiger partial charge in [0, 0.05) is 37.8 Å². The summed E-state index contributed by atoms with van der Waals surface area (Å²) in [4.78, 5) is 18.7. The average Bonchev–Trinajstić information content (AvgIpc) is 2.56. The van der Waals surface area contributed by atoms with E-state index in [1.807, 2.05) is 6.07 Å². The molecule has 1 saturated heterocycles. The second kappa shape index (κ2) is 6.66. The maximum Gasteiger partial charge on any atom is 0.251 e. The zero-order valence-corrected chi connectivity index (χ0v) is 13.2. The largest absolute Gasteiger partial charge is 0.495 e. The number of methoxy groups -OCH3 is 1. The van der Waals surface area contributed by atoms with Crippen molar-refractivity contribution in [1.29, 1.82) is 0 Å². The van der Waals surface area contributed by atoms with Gasteiger partial charge in [0.05, 0.1) is 30.4 Å². The van der Waals surface area contributed by atoms with Crippen LogP contribution in [0.5, 0.6) is 5.75 Å². The molecule has 1 aliphatic rings. The standard InChI is InChI=1S/C16H22N4O3/c1-23-11-8-14-13(18-9-11)2-3-16(22)20(14)7-6-19-5-4-12(17)15(21)10-19/h2-3,8-9,12,15,21H,4-7,10,17H2,1H3. The van der Waals surface area contributed by atoms with Gasteiger partial charge in [-0.2, -0.15) is 0 Å². The molecule has 23 heavy (non-hydrogen) atoms. The van der Waals surface area contributed by atoms with Gasteiger partial charge in [0.1, 0.15) is 5.75 Å². The highest BCUT2D eigenvalue weighted by Gasteiger charge is 2.24. The molecule has 2 unspecified atom stereocenters. The fourth-order valence-corrected chi connectivity index (χ4v) is 2.95. The molecule has 3 heterocycles. The predicted octanol–water partition coefficient (Wildman–Crippen LogP) is -0.201. The quantitative estimate of drug-likeness (QED) is 0.811. The molecule has 0 saturated carbocycles. The first-order valence-corrected chi connectivity index (χ1v) is 7.78. The third kappa shape index (κ3) is 3.36. The number of aliphatic hydroxyl groups is 1. The van der Waals surface area contributed by atoms with E-state index in [2.05, 4.69) is 9.88 Å². The van der Waals surface area contributed by atoms with Crippen molar-refractivity contribution in [2.45, 2.75) is 25.1 Å². The number of ether oxygens (including phenoxy) is 1. The van der Waals surface area contributed by atoms with Crippen LogP contribution >= 0.6 is 0 Å². The molecule has 7 nitrogen and oxygen atoms in total. The Balaban J connectivity index is 1.82. The van der Waals surface area contributed by atoms with Gasteiger partial charge in [-0.05, 0) is 19.0 Å². The fraction of sp³-hybridized carbons (Fsp3) is 0.500. The summed E-state index contributed by atoms with van der Waals surface area (Å²) in [6, 6.07) is 4.92. The van der Waals surface area contributed by atoms with E-state index < -0.39 is 6.10 Å². The molecule has 3 N–H and O–H groups in total. The van der Waals surface area contributed by atoms with Crippen LogP contribution < -0.4 is 16.0 Å². The molecule has 0 spiro atoms. The van der Waals surface area contributed by atoms with Gasteiger partial charge in [0.15, 0.2) is 0 Å². The van der Waals surface area contributed by atoms with E-state index in [0.717, 1.165) is 24.0 Å². The number of pyridine rings is 2. The molecule has 7 heteroatoms. The first-order chi connectivity index (χ1) is 11.1. The molecule has 1 fully saturated rings. The third-order valence-electron chi connectivity index (χ3n) is 4.41. The first-order valence-electron chi connectivity index (χ1n) is 7.78. The lowest BCUT2D eigenvalue weighted by molar-refractivity contribution is 0.0520. The van der Waals surface area contributed by atoms with Gasteiger partial charge in [0.2, 0.25) is 0 Å². The van der Waals surface area contributed by atoms with Crippen molar-refractivity contribution in [3.05, 3.63) is 34.7 Å². The molecule has 2 aromatic rings. The van der Waals surface area contributed by atoms with Crippen molar-refractivity contribution in [3.8, 4) is 5.75 Å². The molecular weight excluding hydrogens is 296 g/mol. The molecular formula is C16H22N4O3. The minimum Gasteiger partial charge on any atom is -0.495 e. The van der Waals surface area contributed by atoms with E-state index in [0.29, 0.717) is 25.4 Å². The number of fused-ring (bicyclic) bond motifs is 1. The minimum absolute atomic E-state index is 0.0678. The van der Waals surface area contributed by atoms with Crippen LogP contribution in [-0.2, 0) is 6.54 Å². The molecule has 0 amide bonds. The lowest BCUT2D eigenvalue weighted by Crippen LogP contribution is -2.51. The SMILES string of the molecule is COc1cnc2ccc(=O)n(CCN3CCC(N)C(O)C3)c2c1. The number of rotatable bonds is 4. The lowest BCUT2D eigenvalue weighted by Gasteiger charge is -2.34. The van der Waals surface area contributed by atoms with Crippen LogP contribution in [0.1, 0.15) is 6.42 Å². The molecule has 124 valence electrons. The van der Waals surface area contributed by atoms with Crippen LogP contribution in [0.3, 0.4) is 0 Å². The van der Waals surface area contributed by atoms with Crippen molar-refractivity contribution in [3.63, 3.8) is 0 Å². The highest BCUT2D eigenvalue weighted by molar-refractivity contribution is 5.75. The third-order valence-corrected chi connectivity index (χ3v) is 4.41. The Labute approximate surface area is 134 Å². The number of likely N-dealkylation sites (tertiary alicyclic amines) is 1. The fourth-order valence-electron chi connectivity index (χ4n) is 2.95. The summed E-state index contributed by atoms with van der Waals surface area (Å²) in [7, 11) is 1.58. The molecule has 1 aliphatic heterocycles. The van der Waals surface area contributed by atoms with Crippen LogP contribution in [0.25, 0.3) is 11.0 Å². The minimum atomic E-state index is -0.505. The van der Waals surface area contributed by atoms with E-state index in [1.165, 1.54) is 6.07 Å². The van der Waals surface area contributed by atoms with E-state index in [9.17, 15) is 9.90 Å². The highest BCUT2D eigenvalue weighted by Crippen LogP contribution is 2.17. The summed E-state index contributed by atoms with van der Waals surface area (Å²) in [5, 5.41) is 9.88. The Bertz CT molecular complexity index is 746. The van der Waals surface area contributed by atoms with Crippen LogP contribution in [0.2, 0.25) is 0 Å². The van der Waals surface area contributed by atoms with E-state index in [4.69, 9.17) is 10.5 Å². The Morgan fingerprint density at radius 3 is 3.00 bits per heavy atom. The summed E-state index contributed by atoms with van der Waals surface area (Å²) in [6.07, 6.45) is 1.90. The summed E-state index contributed by atoms with van der Waals surface area (Å²) in [5.74, 6) is 0.621. The maximum absolute atomic E-state index is 12.2. The number of piperidine rings is 1. The van der Waals surface area contributed by atoms with E-state index >= 15 is 0 Å². The Hall–Kier alpha value is -1.96.